The van der Waals surface area contributed by atoms with Crippen molar-refractivity contribution >= 4 is 27.4 Å². The lowest BCUT2D eigenvalue weighted by Crippen LogP contribution is -2.43. The summed E-state index contributed by atoms with van der Waals surface area (Å²) >= 11 is 0. The molecule has 1 amide bonds. The Morgan fingerprint density at radius 3 is 2.30 bits per heavy atom. The minimum atomic E-state index is -3.40. The summed E-state index contributed by atoms with van der Waals surface area (Å²) in [7, 11) is -3.40. The number of nitrogens with zero attached hydrogens (tertiary/aromatic N) is 1. The number of para-hydroxylation sites is 1. The van der Waals surface area contributed by atoms with Crippen LogP contribution in [0.1, 0.15) is 61.0 Å². The third kappa shape index (κ3) is 5.63. The number of ether oxygens (including phenoxy) is 1. The molecule has 0 radical (unpaired) electrons. The van der Waals surface area contributed by atoms with Crippen LogP contribution < -0.4 is 4.90 Å². The normalized spacial score (nSPS) is 16.8. The molecule has 0 saturated heterocycles. The molecule has 1 aliphatic rings. The Labute approximate surface area is 194 Å². The molecule has 176 valence electrons. The molecule has 7 nitrogen and oxygen atoms in total. The second-order valence-corrected chi connectivity index (χ2v) is 10.6. The maximum absolute atomic E-state index is 13.1. The first-order valence-electron chi connectivity index (χ1n) is 10.8. The molecule has 0 fully saturated rings. The van der Waals surface area contributed by atoms with Gasteiger partial charge in [-0.3, -0.25) is 4.79 Å². The lowest BCUT2D eigenvalue weighted by Gasteiger charge is -2.27. The van der Waals surface area contributed by atoms with Crippen LogP contribution in [0.15, 0.2) is 53.9 Å². The number of hydrogen-bond acceptors (Lipinski definition) is 6. The first-order valence-corrected chi connectivity index (χ1v) is 12.5. The van der Waals surface area contributed by atoms with Crippen molar-refractivity contribution in [3.8, 4) is 5.75 Å². The molecule has 0 aromatic heterocycles. The van der Waals surface area contributed by atoms with Crippen molar-refractivity contribution in [1.29, 1.82) is 0 Å². The van der Waals surface area contributed by atoms with E-state index in [1.165, 1.54) is 11.0 Å². The van der Waals surface area contributed by atoms with Crippen LogP contribution >= 0.6 is 0 Å². The summed E-state index contributed by atoms with van der Waals surface area (Å²) in [5.74, 6) is -1.66. The summed E-state index contributed by atoms with van der Waals surface area (Å²) in [6, 6.07) is 11.4. The zero-order valence-electron chi connectivity index (χ0n) is 19.2. The lowest BCUT2D eigenvalue weighted by molar-refractivity contribution is -0.121. The van der Waals surface area contributed by atoms with Crippen LogP contribution in [0, 0.1) is 0 Å². The van der Waals surface area contributed by atoms with Crippen LogP contribution in [0.25, 0.3) is 0 Å². The van der Waals surface area contributed by atoms with Crippen LogP contribution in [0.2, 0.25) is 0 Å². The lowest BCUT2D eigenvalue weighted by atomic mass is 9.92. The molecule has 1 unspecified atom stereocenters. The molecule has 0 bridgehead atoms. The van der Waals surface area contributed by atoms with Crippen LogP contribution in [0.5, 0.6) is 5.75 Å². The van der Waals surface area contributed by atoms with Gasteiger partial charge in [-0.25, -0.2) is 13.2 Å². The van der Waals surface area contributed by atoms with E-state index in [4.69, 9.17) is 4.74 Å². The fraction of sp³-hybridized carbons (Fsp3) is 0.360. The van der Waals surface area contributed by atoms with Crippen LogP contribution in [-0.4, -0.2) is 43.8 Å². The van der Waals surface area contributed by atoms with Gasteiger partial charge in [-0.2, -0.15) is 0 Å². The number of carbonyl (C=O) groups excluding carboxylic acids is 2. The van der Waals surface area contributed by atoms with E-state index in [0.29, 0.717) is 11.3 Å². The van der Waals surface area contributed by atoms with E-state index in [-0.39, 0.29) is 28.9 Å². The monoisotopic (exact) mass is 471 g/mol. The van der Waals surface area contributed by atoms with Crippen LogP contribution in [0.3, 0.4) is 0 Å². The van der Waals surface area contributed by atoms with Gasteiger partial charge >= 0.3 is 5.97 Å². The third-order valence-electron chi connectivity index (χ3n) is 5.54. The largest absolute Gasteiger partial charge is 0.507 e. The summed E-state index contributed by atoms with van der Waals surface area (Å²) in [4.78, 5) is 27.2. The number of phenols is 1. The van der Waals surface area contributed by atoms with Crippen molar-refractivity contribution in [2.75, 3.05) is 17.3 Å². The molecule has 2 aromatic carbocycles. The highest BCUT2D eigenvalue weighted by Gasteiger charge is 2.32. The Balaban J connectivity index is 1.84. The molecule has 0 saturated carbocycles. The van der Waals surface area contributed by atoms with E-state index in [1.807, 2.05) is 33.8 Å². The average Bonchev–Trinajstić information content (AvgIpc) is 3.11. The number of phenolic OH excluding ortho intramolecular Hbond substituents is 1. The quantitative estimate of drug-likeness (QED) is 0.609. The fourth-order valence-electron chi connectivity index (χ4n) is 3.71. The molecule has 1 N–H and O–H groups in total. The molecule has 0 spiro atoms. The highest BCUT2D eigenvalue weighted by Crippen LogP contribution is 2.33. The fourth-order valence-corrected chi connectivity index (χ4v) is 4.98. The molecule has 0 aliphatic carbocycles. The van der Waals surface area contributed by atoms with Gasteiger partial charge in [0.25, 0.3) is 5.91 Å². The first kappa shape index (κ1) is 24.5. The predicted octanol–water partition coefficient (Wildman–Crippen LogP) is 4.14. The van der Waals surface area contributed by atoms with E-state index in [0.717, 1.165) is 11.0 Å². The minimum Gasteiger partial charge on any atom is -0.507 e. The number of rotatable bonds is 7. The number of esters is 1. The Morgan fingerprint density at radius 1 is 1.09 bits per heavy atom. The van der Waals surface area contributed by atoms with Crippen LogP contribution in [-0.2, 0) is 19.4 Å². The van der Waals surface area contributed by atoms with Crippen molar-refractivity contribution < 1.29 is 27.9 Å². The maximum Gasteiger partial charge on any atom is 0.342 e. The summed E-state index contributed by atoms with van der Waals surface area (Å²) in [6.45, 7) is 7.20. The molecule has 1 aliphatic heterocycles. The van der Waals surface area contributed by atoms with Gasteiger partial charge in [0.15, 0.2) is 16.4 Å². The second-order valence-electron chi connectivity index (χ2n) is 8.72. The number of carbonyl (C=O) groups is 2. The van der Waals surface area contributed by atoms with E-state index in [1.54, 1.807) is 36.4 Å². The van der Waals surface area contributed by atoms with Crippen molar-refractivity contribution in [3.05, 3.63) is 70.6 Å². The van der Waals surface area contributed by atoms with Crippen molar-refractivity contribution in [3.63, 3.8) is 0 Å². The van der Waals surface area contributed by atoms with E-state index >= 15 is 0 Å². The van der Waals surface area contributed by atoms with E-state index < -0.39 is 34.4 Å². The number of amides is 1. The molecule has 1 heterocycles. The van der Waals surface area contributed by atoms with Crippen molar-refractivity contribution in [2.24, 2.45) is 0 Å². The molecular weight excluding hydrogens is 442 g/mol. The summed E-state index contributed by atoms with van der Waals surface area (Å²) in [5.41, 5.74) is 2.01. The first-order chi connectivity index (χ1) is 15.5. The highest BCUT2D eigenvalue weighted by atomic mass is 32.2. The van der Waals surface area contributed by atoms with Gasteiger partial charge in [0, 0.05) is 11.1 Å². The van der Waals surface area contributed by atoms with E-state index in [9.17, 15) is 23.1 Å². The Bertz CT molecular complexity index is 1170. The molecular formula is C25H29NO6S. The number of benzene rings is 2. The standard InChI is InChI=1S/C25H29NO6S/c1-16(2)18-12-21(17(3)4)24(28)22(13-18)25(29)32-14-23(27)26(19-8-6-5-7-9-19)20-10-11-33(30,31)15-20/h5-13,16-17,20,28H,14-15H2,1-4H3. The average molecular weight is 472 g/mol. The van der Waals surface area contributed by atoms with Gasteiger partial charge in [0.05, 0.1) is 11.8 Å². The Hall–Kier alpha value is -3.13. The second kappa shape index (κ2) is 9.79. The zero-order valence-corrected chi connectivity index (χ0v) is 20.0. The van der Waals surface area contributed by atoms with Gasteiger partial charge in [0.1, 0.15) is 11.3 Å². The maximum atomic E-state index is 13.1. The number of hydrogen-bond donors (Lipinski definition) is 1. The minimum absolute atomic E-state index is 0.00676. The molecule has 8 heteroatoms. The smallest absolute Gasteiger partial charge is 0.342 e. The Morgan fingerprint density at radius 2 is 1.76 bits per heavy atom. The summed E-state index contributed by atoms with van der Waals surface area (Å²) < 4.78 is 29.1. The van der Waals surface area contributed by atoms with Gasteiger partial charge < -0.3 is 14.7 Å². The van der Waals surface area contributed by atoms with Gasteiger partial charge in [-0.05, 0) is 47.2 Å². The molecule has 2 aromatic rings. The zero-order chi connectivity index (χ0) is 24.3. The number of sulfone groups is 1. The third-order valence-corrected chi connectivity index (χ3v) is 6.92. The number of anilines is 1. The van der Waals surface area contributed by atoms with Gasteiger partial charge in [-0.1, -0.05) is 52.0 Å². The molecule has 3 rings (SSSR count). The summed E-state index contributed by atoms with van der Waals surface area (Å²) in [5, 5.41) is 11.7. The molecule has 1 atom stereocenters. The van der Waals surface area contributed by atoms with Gasteiger partial charge in [-0.15, -0.1) is 0 Å². The topological polar surface area (TPSA) is 101 Å². The summed E-state index contributed by atoms with van der Waals surface area (Å²) in [6.07, 6.45) is 1.45. The van der Waals surface area contributed by atoms with Gasteiger partial charge in [0.2, 0.25) is 0 Å². The van der Waals surface area contributed by atoms with Crippen molar-refractivity contribution in [1.82, 2.24) is 0 Å². The highest BCUT2D eigenvalue weighted by molar-refractivity contribution is 7.94. The van der Waals surface area contributed by atoms with Crippen LogP contribution in [0.4, 0.5) is 5.69 Å². The van der Waals surface area contributed by atoms with E-state index in [2.05, 4.69) is 0 Å². The SMILES string of the molecule is CC(C)c1cc(C(=O)OCC(=O)N(c2ccccc2)C2C=CS(=O)(=O)C2)c(O)c(C(C)C)c1. The number of aromatic hydroxyl groups is 1. The van der Waals surface area contributed by atoms with Crippen molar-refractivity contribution in [2.45, 2.75) is 45.6 Å². The Kier molecular flexibility index (Phi) is 7.27. The molecule has 33 heavy (non-hydrogen) atoms. The predicted molar refractivity (Wildman–Crippen MR) is 127 cm³/mol.